The molecule has 5 nitrogen and oxygen atoms in total. The van der Waals surface area contributed by atoms with E-state index >= 15 is 0 Å². The minimum Gasteiger partial charge on any atom is -0.317 e. The van der Waals surface area contributed by atoms with E-state index in [-0.39, 0.29) is 11.2 Å². The van der Waals surface area contributed by atoms with Gasteiger partial charge in [0.25, 0.3) is 5.91 Å². The van der Waals surface area contributed by atoms with Gasteiger partial charge < -0.3 is 5.73 Å². The molecule has 1 amide bonds. The Kier molecular flexibility index (Phi) is 2.18. The Morgan fingerprint density at radius 3 is 2.47 bits per heavy atom. The van der Waals surface area contributed by atoms with Crippen LogP contribution in [0.2, 0.25) is 0 Å². The maximum Gasteiger partial charge on any atom is 0.253 e. The first-order valence-corrected chi connectivity index (χ1v) is 7.74. The van der Waals surface area contributed by atoms with Crippen molar-refractivity contribution in [3.8, 4) is 0 Å². The second-order valence-corrected chi connectivity index (χ2v) is 7.86. The summed E-state index contributed by atoms with van der Waals surface area (Å²) in [6, 6.07) is 0. The second kappa shape index (κ2) is 3.23. The van der Waals surface area contributed by atoms with Gasteiger partial charge in [0.1, 0.15) is 0 Å². The maximum atomic E-state index is 11.9. The standard InChI is InChI=1S/C11H18N2O3S/c1-6-4-8(6)9-5-11(9,12)10(14)13-17(15,16)7-2-3-7/h6-9H,2-5,12H2,1H3,(H,13,14)/t6-,8?,9-,11-/m1/s1. The highest BCUT2D eigenvalue weighted by Crippen LogP contribution is 2.58. The molecule has 0 heterocycles. The molecule has 3 N–H and O–H groups in total. The Bertz CT molecular complexity index is 471. The molecular weight excluding hydrogens is 240 g/mol. The molecule has 0 bridgehead atoms. The highest BCUT2D eigenvalue weighted by Gasteiger charge is 2.64. The lowest BCUT2D eigenvalue weighted by Crippen LogP contribution is -2.48. The van der Waals surface area contributed by atoms with E-state index in [2.05, 4.69) is 11.6 Å². The van der Waals surface area contributed by atoms with Crippen molar-refractivity contribution in [2.45, 2.75) is 43.4 Å². The van der Waals surface area contributed by atoms with Crippen molar-refractivity contribution in [2.75, 3.05) is 0 Å². The topological polar surface area (TPSA) is 89.3 Å². The summed E-state index contributed by atoms with van der Waals surface area (Å²) >= 11 is 0. The van der Waals surface area contributed by atoms with Gasteiger partial charge in [-0.15, -0.1) is 0 Å². The predicted octanol–water partition coefficient (Wildman–Crippen LogP) is -0.0318. The summed E-state index contributed by atoms with van der Waals surface area (Å²) in [6.07, 6.45) is 3.06. The van der Waals surface area contributed by atoms with Gasteiger partial charge in [-0.1, -0.05) is 6.92 Å². The molecule has 1 unspecified atom stereocenters. The average Bonchev–Trinajstić information content (AvgIpc) is 3.03. The number of hydrogen-bond acceptors (Lipinski definition) is 4. The van der Waals surface area contributed by atoms with E-state index in [4.69, 9.17) is 5.73 Å². The summed E-state index contributed by atoms with van der Waals surface area (Å²) in [5, 5.41) is -0.368. The molecule has 0 saturated heterocycles. The van der Waals surface area contributed by atoms with Crippen molar-refractivity contribution < 1.29 is 13.2 Å². The average molecular weight is 258 g/mol. The first kappa shape index (κ1) is 11.5. The molecule has 0 radical (unpaired) electrons. The van der Waals surface area contributed by atoms with E-state index in [0.717, 1.165) is 6.42 Å². The summed E-state index contributed by atoms with van der Waals surface area (Å²) in [5.74, 6) is 0.855. The molecule has 3 rings (SSSR count). The van der Waals surface area contributed by atoms with Crippen LogP contribution >= 0.6 is 0 Å². The minimum atomic E-state index is -3.45. The van der Waals surface area contributed by atoms with Crippen molar-refractivity contribution in [3.05, 3.63) is 0 Å². The zero-order valence-electron chi connectivity index (χ0n) is 9.85. The largest absolute Gasteiger partial charge is 0.317 e. The van der Waals surface area contributed by atoms with E-state index in [1.54, 1.807) is 0 Å². The lowest BCUT2D eigenvalue weighted by Gasteiger charge is -2.12. The summed E-state index contributed by atoms with van der Waals surface area (Å²) in [7, 11) is -3.45. The normalized spacial score (nSPS) is 44.2. The van der Waals surface area contributed by atoms with Crippen molar-refractivity contribution in [3.63, 3.8) is 0 Å². The van der Waals surface area contributed by atoms with Gasteiger partial charge in [-0.3, -0.25) is 9.52 Å². The van der Waals surface area contributed by atoms with Crippen LogP contribution in [0.15, 0.2) is 0 Å². The Morgan fingerprint density at radius 1 is 1.41 bits per heavy atom. The first-order valence-electron chi connectivity index (χ1n) is 6.19. The van der Waals surface area contributed by atoms with Gasteiger partial charge in [-0.05, 0) is 43.4 Å². The summed E-state index contributed by atoms with van der Waals surface area (Å²) in [6.45, 7) is 2.14. The summed E-state index contributed by atoms with van der Waals surface area (Å²) < 4.78 is 25.4. The number of amides is 1. The predicted molar refractivity (Wildman–Crippen MR) is 62.4 cm³/mol. The van der Waals surface area contributed by atoms with Crippen LogP contribution in [0.1, 0.15) is 32.6 Å². The van der Waals surface area contributed by atoms with Crippen LogP contribution < -0.4 is 10.5 Å². The Hall–Kier alpha value is -0.620. The molecule has 3 aliphatic carbocycles. The van der Waals surface area contributed by atoms with Crippen LogP contribution in [0.4, 0.5) is 0 Å². The lowest BCUT2D eigenvalue weighted by molar-refractivity contribution is -0.121. The van der Waals surface area contributed by atoms with Crippen LogP contribution in [0.25, 0.3) is 0 Å². The molecule has 0 spiro atoms. The number of nitrogens with one attached hydrogen (secondary N) is 1. The van der Waals surface area contributed by atoms with Crippen molar-refractivity contribution in [1.82, 2.24) is 4.72 Å². The third-order valence-electron chi connectivity index (χ3n) is 4.37. The van der Waals surface area contributed by atoms with Gasteiger partial charge in [-0.25, -0.2) is 8.42 Å². The van der Waals surface area contributed by atoms with Gasteiger partial charge >= 0.3 is 0 Å². The minimum absolute atomic E-state index is 0.187. The molecule has 4 atom stereocenters. The monoisotopic (exact) mass is 258 g/mol. The molecule has 6 heteroatoms. The number of nitrogens with two attached hydrogens (primary N) is 1. The molecule has 3 aliphatic rings. The van der Waals surface area contributed by atoms with Crippen molar-refractivity contribution in [2.24, 2.45) is 23.5 Å². The molecule has 0 aliphatic heterocycles. The smallest absolute Gasteiger partial charge is 0.253 e. The van der Waals surface area contributed by atoms with Crippen LogP contribution in [0.5, 0.6) is 0 Å². The van der Waals surface area contributed by atoms with E-state index in [9.17, 15) is 13.2 Å². The second-order valence-electron chi connectivity index (χ2n) is 5.90. The quantitative estimate of drug-likeness (QED) is 0.741. The van der Waals surface area contributed by atoms with Crippen LogP contribution in [0, 0.1) is 17.8 Å². The summed E-state index contributed by atoms with van der Waals surface area (Å²) in [5.41, 5.74) is 5.07. The molecule has 17 heavy (non-hydrogen) atoms. The Balaban J connectivity index is 1.63. The molecule has 0 aromatic rings. The van der Waals surface area contributed by atoms with E-state index in [1.807, 2.05) is 0 Å². The molecular formula is C11H18N2O3S. The third-order valence-corrected chi connectivity index (χ3v) is 6.19. The van der Waals surface area contributed by atoms with Gasteiger partial charge in [-0.2, -0.15) is 0 Å². The van der Waals surface area contributed by atoms with Gasteiger partial charge in [0, 0.05) is 0 Å². The first-order chi connectivity index (χ1) is 7.84. The van der Waals surface area contributed by atoms with E-state index < -0.39 is 21.5 Å². The highest BCUT2D eigenvalue weighted by molar-refractivity contribution is 7.90. The zero-order chi connectivity index (χ0) is 12.4. The van der Waals surface area contributed by atoms with Gasteiger partial charge in [0.15, 0.2) is 0 Å². The molecule has 0 aromatic heterocycles. The molecule has 0 aromatic carbocycles. The zero-order valence-corrected chi connectivity index (χ0v) is 10.7. The van der Waals surface area contributed by atoms with Crippen LogP contribution in [-0.2, 0) is 14.8 Å². The van der Waals surface area contributed by atoms with Gasteiger partial charge in [0.2, 0.25) is 10.0 Å². The number of sulfonamides is 1. The van der Waals surface area contributed by atoms with E-state index in [1.165, 1.54) is 0 Å². The Morgan fingerprint density at radius 2 is 2.00 bits per heavy atom. The van der Waals surface area contributed by atoms with Crippen molar-refractivity contribution >= 4 is 15.9 Å². The highest BCUT2D eigenvalue weighted by atomic mass is 32.2. The van der Waals surface area contributed by atoms with Gasteiger partial charge in [0.05, 0.1) is 10.8 Å². The fourth-order valence-electron chi connectivity index (χ4n) is 2.70. The molecule has 96 valence electrons. The molecule has 3 fully saturated rings. The number of carbonyl (C=O) groups is 1. The number of rotatable bonds is 4. The SMILES string of the molecule is C[C@@H]1CC1[C@H]1C[C@]1(N)C(=O)NS(=O)(=O)C1CC1. The fourth-order valence-corrected chi connectivity index (χ4v) is 4.07. The van der Waals surface area contributed by atoms with Crippen molar-refractivity contribution in [1.29, 1.82) is 0 Å². The number of hydrogen-bond donors (Lipinski definition) is 2. The van der Waals surface area contributed by atoms with Crippen LogP contribution in [0.3, 0.4) is 0 Å². The maximum absolute atomic E-state index is 11.9. The Labute approximate surface area is 101 Å². The lowest BCUT2D eigenvalue weighted by atomic mass is 10.1. The van der Waals surface area contributed by atoms with Crippen LogP contribution in [-0.4, -0.2) is 25.1 Å². The third kappa shape index (κ3) is 1.87. The summed E-state index contributed by atoms with van der Waals surface area (Å²) in [4.78, 5) is 11.9. The van der Waals surface area contributed by atoms with E-state index in [0.29, 0.717) is 31.1 Å². The molecule has 3 saturated carbocycles. The number of carbonyl (C=O) groups excluding carboxylic acids is 1. The fraction of sp³-hybridized carbons (Fsp3) is 0.909.